The standard InChI is InChI=1S/C11H16O3/c1-3-6(2)11-7(4-5-8(11)12)9(11)10(13)14/h6-7,9H,3-5H2,1-2H3,(H,13,14)/t6?,7-,9-,11-/m1/s1. The summed E-state index contributed by atoms with van der Waals surface area (Å²) >= 11 is 0. The van der Waals surface area contributed by atoms with Crippen LogP contribution in [-0.2, 0) is 9.59 Å². The maximum atomic E-state index is 11.8. The first kappa shape index (κ1) is 9.69. The minimum absolute atomic E-state index is 0.141. The summed E-state index contributed by atoms with van der Waals surface area (Å²) in [5.41, 5.74) is -0.472. The summed E-state index contributed by atoms with van der Waals surface area (Å²) < 4.78 is 0. The third-order valence-corrected chi connectivity index (χ3v) is 4.28. The van der Waals surface area contributed by atoms with Crippen LogP contribution in [0.3, 0.4) is 0 Å². The molecule has 2 fully saturated rings. The van der Waals surface area contributed by atoms with Gasteiger partial charge in [0.15, 0.2) is 0 Å². The van der Waals surface area contributed by atoms with Gasteiger partial charge in [-0.15, -0.1) is 0 Å². The molecule has 3 nitrogen and oxygen atoms in total. The van der Waals surface area contributed by atoms with Crippen LogP contribution in [0.4, 0.5) is 0 Å². The molecule has 0 heterocycles. The fourth-order valence-corrected chi connectivity index (χ4v) is 3.43. The van der Waals surface area contributed by atoms with E-state index in [0.717, 1.165) is 12.8 Å². The van der Waals surface area contributed by atoms with Crippen LogP contribution in [0, 0.1) is 23.2 Å². The molecule has 0 aromatic carbocycles. The number of Topliss-reactive ketones (excluding diaryl/α,β-unsaturated/α-hetero) is 1. The Labute approximate surface area is 83.5 Å². The molecule has 0 aliphatic heterocycles. The van der Waals surface area contributed by atoms with E-state index in [1.54, 1.807) is 0 Å². The molecule has 2 saturated carbocycles. The fraction of sp³-hybridized carbons (Fsp3) is 0.818. The summed E-state index contributed by atoms with van der Waals surface area (Å²) in [5.74, 6) is -0.586. The molecule has 14 heavy (non-hydrogen) atoms. The number of carboxylic acid groups (broad SMARTS) is 1. The van der Waals surface area contributed by atoms with Gasteiger partial charge >= 0.3 is 5.97 Å². The summed E-state index contributed by atoms with van der Waals surface area (Å²) in [5, 5.41) is 9.03. The van der Waals surface area contributed by atoms with Crippen molar-refractivity contribution >= 4 is 11.8 Å². The van der Waals surface area contributed by atoms with E-state index in [1.807, 2.05) is 13.8 Å². The second kappa shape index (κ2) is 2.81. The van der Waals surface area contributed by atoms with Crippen LogP contribution < -0.4 is 0 Å². The SMILES string of the molecule is CCC(C)[C@]12C(=O)CC[C@@H]1[C@@H]2C(=O)O. The lowest BCUT2D eigenvalue weighted by Crippen LogP contribution is -2.26. The number of hydrogen-bond donors (Lipinski definition) is 1. The van der Waals surface area contributed by atoms with Crippen LogP contribution in [0.1, 0.15) is 33.1 Å². The summed E-state index contributed by atoms with van der Waals surface area (Å²) in [6.07, 6.45) is 2.28. The second-order valence-electron chi connectivity index (χ2n) is 4.63. The Morgan fingerprint density at radius 1 is 1.71 bits per heavy atom. The van der Waals surface area contributed by atoms with Crippen LogP contribution in [0.25, 0.3) is 0 Å². The molecule has 78 valence electrons. The number of ketones is 1. The molecule has 0 spiro atoms. The van der Waals surface area contributed by atoms with Crippen LogP contribution in [0.2, 0.25) is 0 Å². The van der Waals surface area contributed by atoms with E-state index in [1.165, 1.54) is 0 Å². The van der Waals surface area contributed by atoms with Crippen LogP contribution >= 0.6 is 0 Å². The van der Waals surface area contributed by atoms with Gasteiger partial charge in [0.25, 0.3) is 0 Å². The highest BCUT2D eigenvalue weighted by Crippen LogP contribution is 2.70. The molecule has 3 heteroatoms. The molecule has 4 atom stereocenters. The number of carboxylic acids is 1. The summed E-state index contributed by atoms with van der Waals surface area (Å²) in [7, 11) is 0. The number of carbonyl (C=O) groups excluding carboxylic acids is 1. The predicted octanol–water partition coefficient (Wildman–Crippen LogP) is 1.71. The molecule has 0 bridgehead atoms. The Hall–Kier alpha value is -0.860. The van der Waals surface area contributed by atoms with E-state index in [0.29, 0.717) is 6.42 Å². The summed E-state index contributed by atoms with van der Waals surface area (Å²) in [6.45, 7) is 4.04. The number of fused-ring (bicyclic) bond motifs is 1. The largest absolute Gasteiger partial charge is 0.481 e. The molecule has 1 N–H and O–H groups in total. The Morgan fingerprint density at radius 2 is 2.36 bits per heavy atom. The first-order valence-corrected chi connectivity index (χ1v) is 5.32. The number of aliphatic carboxylic acids is 1. The van der Waals surface area contributed by atoms with E-state index in [2.05, 4.69) is 0 Å². The zero-order valence-electron chi connectivity index (χ0n) is 8.62. The van der Waals surface area contributed by atoms with Crippen molar-refractivity contribution in [3.8, 4) is 0 Å². The Morgan fingerprint density at radius 3 is 2.79 bits per heavy atom. The van der Waals surface area contributed by atoms with Gasteiger partial charge in [-0.1, -0.05) is 20.3 Å². The van der Waals surface area contributed by atoms with Crippen molar-refractivity contribution in [3.05, 3.63) is 0 Å². The maximum absolute atomic E-state index is 11.8. The van der Waals surface area contributed by atoms with E-state index in [-0.39, 0.29) is 23.5 Å². The van der Waals surface area contributed by atoms with E-state index in [9.17, 15) is 9.59 Å². The molecule has 0 aromatic heterocycles. The topological polar surface area (TPSA) is 54.4 Å². The van der Waals surface area contributed by atoms with Crippen LogP contribution in [0.5, 0.6) is 0 Å². The summed E-state index contributed by atoms with van der Waals surface area (Å²) in [6, 6.07) is 0. The van der Waals surface area contributed by atoms with Crippen LogP contribution in [0.15, 0.2) is 0 Å². The molecule has 0 amide bonds. The Balaban J connectivity index is 2.30. The highest BCUT2D eigenvalue weighted by atomic mass is 16.4. The zero-order valence-corrected chi connectivity index (χ0v) is 8.62. The number of rotatable bonds is 3. The van der Waals surface area contributed by atoms with E-state index in [4.69, 9.17) is 5.11 Å². The lowest BCUT2D eigenvalue weighted by Gasteiger charge is -2.19. The third-order valence-electron chi connectivity index (χ3n) is 4.28. The first-order valence-electron chi connectivity index (χ1n) is 5.32. The minimum Gasteiger partial charge on any atom is -0.481 e. The van der Waals surface area contributed by atoms with Crippen molar-refractivity contribution in [2.45, 2.75) is 33.1 Å². The van der Waals surface area contributed by atoms with Gasteiger partial charge in [0.1, 0.15) is 5.78 Å². The van der Waals surface area contributed by atoms with Gasteiger partial charge < -0.3 is 5.11 Å². The molecule has 0 aromatic rings. The number of carbonyl (C=O) groups is 2. The third kappa shape index (κ3) is 0.877. The Kier molecular flexibility index (Phi) is 1.95. The molecule has 0 saturated heterocycles. The number of hydrogen-bond acceptors (Lipinski definition) is 2. The summed E-state index contributed by atoms with van der Waals surface area (Å²) in [4.78, 5) is 22.8. The van der Waals surface area contributed by atoms with Crippen LogP contribution in [-0.4, -0.2) is 16.9 Å². The van der Waals surface area contributed by atoms with Crippen molar-refractivity contribution in [1.29, 1.82) is 0 Å². The normalized spacial score (nSPS) is 42.0. The smallest absolute Gasteiger partial charge is 0.307 e. The molecular formula is C11H16O3. The van der Waals surface area contributed by atoms with Gasteiger partial charge in [0, 0.05) is 11.8 Å². The highest BCUT2D eigenvalue weighted by molar-refractivity contribution is 5.98. The van der Waals surface area contributed by atoms with Gasteiger partial charge in [-0.3, -0.25) is 9.59 Å². The molecule has 0 radical (unpaired) electrons. The van der Waals surface area contributed by atoms with Gasteiger partial charge in [-0.2, -0.15) is 0 Å². The predicted molar refractivity (Wildman–Crippen MR) is 50.7 cm³/mol. The van der Waals surface area contributed by atoms with E-state index >= 15 is 0 Å². The molecule has 2 aliphatic rings. The van der Waals surface area contributed by atoms with Crippen molar-refractivity contribution in [2.24, 2.45) is 23.2 Å². The molecule has 2 rings (SSSR count). The first-order chi connectivity index (χ1) is 6.56. The minimum atomic E-state index is -0.775. The van der Waals surface area contributed by atoms with Gasteiger partial charge in [-0.25, -0.2) is 0 Å². The van der Waals surface area contributed by atoms with E-state index < -0.39 is 11.4 Å². The molecule has 2 aliphatic carbocycles. The second-order valence-corrected chi connectivity index (χ2v) is 4.63. The van der Waals surface area contributed by atoms with Crippen molar-refractivity contribution in [2.75, 3.05) is 0 Å². The van der Waals surface area contributed by atoms with Crippen molar-refractivity contribution < 1.29 is 14.7 Å². The van der Waals surface area contributed by atoms with Gasteiger partial charge in [-0.05, 0) is 18.3 Å². The van der Waals surface area contributed by atoms with Crippen molar-refractivity contribution in [1.82, 2.24) is 0 Å². The maximum Gasteiger partial charge on any atom is 0.307 e. The fourth-order valence-electron chi connectivity index (χ4n) is 3.43. The highest BCUT2D eigenvalue weighted by Gasteiger charge is 2.76. The van der Waals surface area contributed by atoms with Crippen molar-refractivity contribution in [3.63, 3.8) is 0 Å². The zero-order chi connectivity index (χ0) is 10.5. The quantitative estimate of drug-likeness (QED) is 0.747. The lowest BCUT2D eigenvalue weighted by atomic mass is 9.83. The lowest BCUT2D eigenvalue weighted by molar-refractivity contribution is -0.142. The Bertz CT molecular complexity index is 297. The average molecular weight is 196 g/mol. The van der Waals surface area contributed by atoms with Gasteiger partial charge in [0.05, 0.1) is 5.92 Å². The molecular weight excluding hydrogens is 180 g/mol. The monoisotopic (exact) mass is 196 g/mol. The average Bonchev–Trinajstić information content (AvgIpc) is 2.73. The van der Waals surface area contributed by atoms with Gasteiger partial charge in [0.2, 0.25) is 0 Å². The molecule has 1 unspecified atom stereocenters.